The highest BCUT2D eigenvalue weighted by atomic mass is 32.2. The van der Waals surface area contributed by atoms with Crippen molar-refractivity contribution in [3.05, 3.63) is 403 Å². The molecule has 12 heteroatoms. The van der Waals surface area contributed by atoms with Gasteiger partial charge < -0.3 is 19.9 Å². The first-order valence-corrected chi connectivity index (χ1v) is 45.1. The van der Waals surface area contributed by atoms with E-state index in [-0.39, 0.29) is 10.2 Å². The molecule has 0 aliphatic carbocycles. The van der Waals surface area contributed by atoms with Crippen LogP contribution in [0, 0.1) is 75.1 Å². The van der Waals surface area contributed by atoms with Crippen LogP contribution in [0.4, 0.5) is 0 Å². The average molecular weight is 1710 g/mol. The lowest BCUT2D eigenvalue weighted by Crippen LogP contribution is -1.90. The lowest BCUT2D eigenvalue weighted by molar-refractivity contribution is -0.109. The molecule has 0 saturated carbocycles. The number of benzene rings is 10. The maximum absolute atomic E-state index is 11.6. The van der Waals surface area contributed by atoms with Crippen LogP contribution < -0.4 is 0 Å². The molecule has 0 radical (unpaired) electrons. The average Bonchev–Trinajstić information content (AvgIpc) is 1.61. The van der Waals surface area contributed by atoms with E-state index in [1.807, 2.05) is 48.5 Å². The number of H-pyrrole nitrogens is 4. The zero-order valence-corrected chi connectivity index (χ0v) is 73.8. The van der Waals surface area contributed by atoms with Gasteiger partial charge in [0.2, 0.25) is 0 Å². The minimum atomic E-state index is 0.101. The van der Waals surface area contributed by atoms with Gasteiger partial charge in [-0.05, 0) is 265 Å². The Balaban J connectivity index is 0.648. The molecule has 4 aliphatic rings. The van der Waals surface area contributed by atoms with E-state index in [0.29, 0.717) is 11.5 Å². The molecule has 10 aromatic carbocycles. The molecule has 20 rings (SSSR count). The fourth-order valence-corrected chi connectivity index (χ4v) is 18.0. The summed E-state index contributed by atoms with van der Waals surface area (Å²) in [6.07, 6.45) is 17.0. The Morgan fingerprint density at radius 1 is 0.223 bits per heavy atom. The minimum absolute atomic E-state index is 0.101. The monoisotopic (exact) mass is 1710 g/mol. The molecule has 6 aromatic heterocycles. The quantitative estimate of drug-likeness (QED) is 0.0884. The van der Waals surface area contributed by atoms with E-state index in [1.165, 1.54) is 23.5 Å². The van der Waals surface area contributed by atoms with E-state index >= 15 is 0 Å². The van der Waals surface area contributed by atoms with Crippen LogP contribution in [0.25, 0.3) is 182 Å². The van der Waals surface area contributed by atoms with Crippen molar-refractivity contribution in [1.82, 2.24) is 39.9 Å². The predicted octanol–water partition coefficient (Wildman–Crippen LogP) is 28.0. The third-order valence-electron chi connectivity index (χ3n) is 23.5. The van der Waals surface area contributed by atoms with E-state index < -0.39 is 0 Å². The zero-order valence-electron chi connectivity index (χ0n) is 72.2. The van der Waals surface area contributed by atoms with E-state index in [2.05, 4.69) is 386 Å². The molecule has 0 saturated heterocycles. The van der Waals surface area contributed by atoms with Crippen molar-refractivity contribution in [1.29, 1.82) is 0 Å². The highest BCUT2D eigenvalue weighted by Crippen LogP contribution is 2.43. The molecule has 10 nitrogen and oxygen atoms in total. The molecule has 0 fully saturated rings. The molecule has 0 atom stereocenters. The second-order valence-electron chi connectivity index (χ2n) is 32.7. The van der Waals surface area contributed by atoms with Gasteiger partial charge in [-0.15, -0.1) is 0 Å². The summed E-state index contributed by atoms with van der Waals surface area (Å²) >= 11 is 2.61. The van der Waals surface area contributed by atoms with Crippen LogP contribution in [-0.4, -0.2) is 50.1 Å². The number of aromatic nitrogens is 8. The summed E-state index contributed by atoms with van der Waals surface area (Å²) in [6.45, 7) is 11.6. The second-order valence-corrected chi connectivity index (χ2v) is 35.0. The lowest BCUT2D eigenvalue weighted by atomic mass is 10.0. The topological polar surface area (TPSA) is 149 Å². The van der Waals surface area contributed by atoms with Gasteiger partial charge >= 0.3 is 0 Å². The van der Waals surface area contributed by atoms with Gasteiger partial charge in [-0.25, -0.2) is 19.9 Å². The van der Waals surface area contributed by atoms with E-state index in [4.69, 9.17) is 19.9 Å². The Morgan fingerprint density at radius 3 is 0.562 bits per heavy atom. The lowest BCUT2D eigenvalue weighted by Gasteiger charge is -2.07. The molecular formula is C118H82N8O2S2. The van der Waals surface area contributed by atoms with Gasteiger partial charge in [-0.2, -0.15) is 0 Å². The van der Waals surface area contributed by atoms with Crippen molar-refractivity contribution in [2.24, 2.45) is 0 Å². The summed E-state index contributed by atoms with van der Waals surface area (Å²) in [7, 11) is 0. The largest absolute Gasteiger partial charge is 0.354 e. The molecule has 130 heavy (non-hydrogen) atoms. The fourth-order valence-electron chi connectivity index (χ4n) is 16.8. The molecule has 618 valence electrons. The Hall–Kier alpha value is -16.3. The summed E-state index contributed by atoms with van der Waals surface area (Å²) in [4.78, 5) is 61.3. The number of carbonyl (C=O) groups excluding carboxylic acids is 2. The second kappa shape index (κ2) is 36.0. The maximum Gasteiger partial charge on any atom is 0.186 e. The van der Waals surface area contributed by atoms with Gasteiger partial charge in [0, 0.05) is 147 Å². The normalized spacial score (nSPS) is 11.6. The number of hydrogen-bond acceptors (Lipinski definition) is 8. The van der Waals surface area contributed by atoms with Crippen LogP contribution in [0.3, 0.4) is 0 Å². The molecule has 0 unspecified atom stereocenters. The molecule has 10 heterocycles. The summed E-state index contributed by atoms with van der Waals surface area (Å²) in [5, 5.41) is 0.202. The first kappa shape index (κ1) is 82.0. The number of thioether (sulfide) groups is 2. The van der Waals surface area contributed by atoms with Gasteiger partial charge in [0.15, 0.2) is 10.2 Å². The SMILES string of the molecule is CC(=O)SCc1ccc(C#Cc2ccc(-c3c4nc(c(-c5ccc(C)cc5)c5ccc([nH]5)c(-c5ccc(C#CC#Cc6ccc(-c7c8nc(c(-c9ccc(C)cc9)c9ccc([nH]9)c(-c9ccc(C#Cc%10ccc(CSC(C)=O)cc%10)cc9)c9nc(c(-c%10ccc(C)cc%10)c%10ccc7[nH]%10)C=C9)C=C8)cc6)cc5)c5nc(c(-c6ccc(C)cc6)c6ccc3[nH]6)C=C5)C=C4)cc2)cc1. The zero-order chi connectivity index (χ0) is 88.3. The van der Waals surface area contributed by atoms with Gasteiger partial charge in [0.25, 0.3) is 0 Å². The van der Waals surface area contributed by atoms with Gasteiger partial charge in [0.1, 0.15) is 0 Å². The summed E-state index contributed by atoms with van der Waals surface area (Å²) < 4.78 is 0. The first-order chi connectivity index (χ1) is 63.6. The Kier molecular flexibility index (Phi) is 22.7. The van der Waals surface area contributed by atoms with Gasteiger partial charge in [-0.3, -0.25) is 9.59 Å². The van der Waals surface area contributed by atoms with Crippen LogP contribution >= 0.6 is 23.5 Å². The number of rotatable bonds is 12. The third-order valence-corrected chi connectivity index (χ3v) is 25.3. The van der Waals surface area contributed by atoms with Crippen molar-refractivity contribution in [3.63, 3.8) is 0 Å². The Morgan fingerprint density at radius 2 is 0.385 bits per heavy atom. The van der Waals surface area contributed by atoms with Crippen molar-refractivity contribution in [2.45, 2.75) is 53.0 Å². The number of nitrogens with zero attached hydrogens (tertiary/aromatic N) is 4. The van der Waals surface area contributed by atoms with Crippen LogP contribution in [0.1, 0.15) is 126 Å². The summed E-state index contributed by atoms with van der Waals surface area (Å²) in [5.74, 6) is 27.9. The highest BCUT2D eigenvalue weighted by molar-refractivity contribution is 8.13. The van der Waals surface area contributed by atoms with Crippen molar-refractivity contribution < 1.29 is 9.59 Å². The van der Waals surface area contributed by atoms with E-state index in [1.54, 1.807) is 13.8 Å². The maximum atomic E-state index is 11.6. The summed E-state index contributed by atoms with van der Waals surface area (Å²) in [5.41, 5.74) is 41.2. The molecule has 4 N–H and O–H groups in total. The van der Waals surface area contributed by atoms with Gasteiger partial charge in [-0.1, -0.05) is 251 Å². The van der Waals surface area contributed by atoms with Crippen LogP contribution in [0.15, 0.2) is 291 Å². The molecule has 16 bridgehead atoms. The number of nitrogens with one attached hydrogen (secondary N) is 4. The predicted molar refractivity (Wildman–Crippen MR) is 543 cm³/mol. The molecular weight excluding hydrogens is 1630 g/mol. The van der Waals surface area contributed by atoms with Crippen LogP contribution in [0.5, 0.6) is 0 Å². The Bertz CT molecular complexity index is 7490. The number of fused-ring (bicyclic) bond motifs is 16. The van der Waals surface area contributed by atoms with Crippen molar-refractivity contribution in [2.75, 3.05) is 0 Å². The summed E-state index contributed by atoms with van der Waals surface area (Å²) in [6, 6.07) is 102. The first-order valence-electron chi connectivity index (χ1n) is 43.1. The van der Waals surface area contributed by atoms with E-state index in [9.17, 15) is 9.59 Å². The van der Waals surface area contributed by atoms with Crippen LogP contribution in [0.2, 0.25) is 0 Å². The molecule has 0 amide bonds. The highest BCUT2D eigenvalue weighted by Gasteiger charge is 2.24. The van der Waals surface area contributed by atoms with E-state index in [0.717, 1.165) is 245 Å². The molecule has 4 aliphatic heterocycles. The van der Waals surface area contributed by atoms with Gasteiger partial charge in [0.05, 0.1) is 45.6 Å². The Labute approximate surface area is 763 Å². The number of aromatic amines is 4. The number of hydrogen-bond donors (Lipinski definition) is 4. The van der Waals surface area contributed by atoms with Crippen LogP contribution in [-0.2, 0) is 21.1 Å². The number of carbonyl (C=O) groups is 2. The molecule has 0 spiro atoms. The minimum Gasteiger partial charge on any atom is -0.354 e. The number of aryl methyl sites for hydroxylation is 4. The van der Waals surface area contributed by atoms with Crippen molar-refractivity contribution in [3.8, 4) is 136 Å². The third kappa shape index (κ3) is 17.6. The molecule has 16 aromatic rings. The van der Waals surface area contributed by atoms with Crippen molar-refractivity contribution >= 4 is 126 Å². The fraction of sp³-hybridized carbons (Fsp3) is 0.0678. The standard InChI is InChI=1S/C118H82N8O2S2/c1-73-11-39-87(40-12-73)111-95-55-63-103(119-95)115(104-64-56-96(120-104)112(88-41-13-74(2)14-42-88)100-60-68-108(124-100)117(107-67-59-99(111)123-107)93-51-35-83(36-52-93)21-19-81-23-27-85(28-24-81)71-129-77(5)127)91-47-31-79(32-48-91)9-7-8-10-80-33-49-92(50-34-80)116-105-65-57-97(121-105)113(89-43-15-75(3)16-44-89)101-61-69-109(125-101)118(94-53-37-84(38-54-94)22-20-82-25-29-86(30-26-82)72-130-78(6)128)110-70-62-102(126-110)114(98-58-66-106(116)122-98)90-45-17-76(4)18-46-90/h11-18,23-70,119,121,124,126H,71-72H2,1-6H3. The smallest absolute Gasteiger partial charge is 0.186 e.